The summed E-state index contributed by atoms with van der Waals surface area (Å²) >= 11 is 0. The van der Waals surface area contributed by atoms with E-state index in [9.17, 15) is 9.59 Å². The highest BCUT2D eigenvalue weighted by molar-refractivity contribution is 5.95. The smallest absolute Gasteiger partial charge is 0.255 e. The minimum Gasteiger partial charge on any atom is -0.342 e. The lowest BCUT2D eigenvalue weighted by Crippen LogP contribution is -2.43. The zero-order valence-electron chi connectivity index (χ0n) is 18.7. The number of hydrogen-bond acceptors (Lipinski definition) is 3. The molecule has 2 amide bonds. The maximum atomic E-state index is 13.4. The number of piperidine rings is 2. The molecule has 0 spiro atoms. The zero-order valence-corrected chi connectivity index (χ0v) is 18.7. The van der Waals surface area contributed by atoms with Gasteiger partial charge in [-0.1, -0.05) is 30.3 Å². The van der Waals surface area contributed by atoms with Crippen molar-refractivity contribution >= 4 is 11.8 Å². The van der Waals surface area contributed by atoms with E-state index >= 15 is 0 Å². The van der Waals surface area contributed by atoms with Gasteiger partial charge in [-0.2, -0.15) is 0 Å². The van der Waals surface area contributed by atoms with Gasteiger partial charge in [-0.25, -0.2) is 0 Å². The lowest BCUT2D eigenvalue weighted by molar-refractivity contribution is -0.131. The molecule has 1 aromatic heterocycles. The van der Waals surface area contributed by atoms with Crippen molar-refractivity contribution in [3.05, 3.63) is 65.0 Å². The normalized spacial score (nSPS) is 20.0. The van der Waals surface area contributed by atoms with E-state index in [1.807, 2.05) is 59.2 Å². The van der Waals surface area contributed by atoms with E-state index in [0.717, 1.165) is 67.8 Å². The zero-order chi connectivity index (χ0) is 21.8. The first-order chi connectivity index (χ1) is 15.0. The number of nitrogens with zero attached hydrogens (tertiary/aromatic N) is 3. The third-order valence-corrected chi connectivity index (χ3v) is 6.79. The van der Waals surface area contributed by atoms with E-state index in [1.54, 1.807) is 0 Å². The second-order valence-electron chi connectivity index (χ2n) is 9.05. The van der Waals surface area contributed by atoms with Crippen molar-refractivity contribution in [2.45, 2.75) is 64.3 Å². The molecule has 1 aromatic carbocycles. The van der Waals surface area contributed by atoms with Crippen LogP contribution in [0.1, 0.15) is 72.3 Å². The van der Waals surface area contributed by atoms with E-state index in [0.29, 0.717) is 6.42 Å². The van der Waals surface area contributed by atoms with Gasteiger partial charge in [0, 0.05) is 37.3 Å². The molecular weight excluding hydrogens is 386 g/mol. The molecule has 0 aliphatic carbocycles. The van der Waals surface area contributed by atoms with Gasteiger partial charge in [0.05, 0.1) is 17.7 Å². The molecule has 5 nitrogen and oxygen atoms in total. The van der Waals surface area contributed by atoms with Gasteiger partial charge in [-0.05, 0) is 63.6 Å². The quantitative estimate of drug-likeness (QED) is 0.740. The summed E-state index contributed by atoms with van der Waals surface area (Å²) in [6, 6.07) is 14.1. The van der Waals surface area contributed by atoms with Gasteiger partial charge in [0.15, 0.2) is 0 Å². The number of pyridine rings is 1. The molecule has 0 N–H and O–H groups in total. The number of aromatic nitrogens is 1. The molecule has 2 aliphatic rings. The summed E-state index contributed by atoms with van der Waals surface area (Å²) in [7, 11) is 0. The van der Waals surface area contributed by atoms with Crippen LogP contribution in [0.4, 0.5) is 0 Å². The van der Waals surface area contributed by atoms with E-state index in [-0.39, 0.29) is 23.8 Å². The molecule has 2 saturated heterocycles. The van der Waals surface area contributed by atoms with Crippen LogP contribution in [-0.4, -0.2) is 52.3 Å². The van der Waals surface area contributed by atoms with E-state index in [1.165, 1.54) is 6.42 Å². The lowest BCUT2D eigenvalue weighted by atomic mass is 9.89. The third kappa shape index (κ3) is 4.97. The first-order valence-corrected chi connectivity index (χ1v) is 11.6. The molecule has 2 aromatic rings. The Morgan fingerprint density at radius 3 is 2.42 bits per heavy atom. The highest BCUT2D eigenvalue weighted by Crippen LogP contribution is 2.31. The summed E-state index contributed by atoms with van der Waals surface area (Å²) in [5.74, 6) is 0.525. The van der Waals surface area contributed by atoms with Crippen LogP contribution in [0.2, 0.25) is 0 Å². The Kier molecular flexibility index (Phi) is 6.69. The third-order valence-electron chi connectivity index (χ3n) is 6.79. The Morgan fingerprint density at radius 2 is 1.71 bits per heavy atom. The summed E-state index contributed by atoms with van der Waals surface area (Å²) in [6.45, 7) is 6.41. The SMILES string of the molecule is Cc1ccc(C(=O)N2CCCCC2C)c(C2CCN(C(=O)Cc3ccccc3)CC2)n1. The Morgan fingerprint density at radius 1 is 0.968 bits per heavy atom. The number of carbonyl (C=O) groups excluding carboxylic acids is 2. The van der Waals surface area contributed by atoms with Gasteiger partial charge in [-0.15, -0.1) is 0 Å². The molecule has 3 heterocycles. The van der Waals surface area contributed by atoms with Crippen molar-refractivity contribution in [3.63, 3.8) is 0 Å². The average Bonchev–Trinajstić information content (AvgIpc) is 2.80. The second kappa shape index (κ2) is 9.63. The van der Waals surface area contributed by atoms with Crippen molar-refractivity contribution < 1.29 is 9.59 Å². The Balaban J connectivity index is 1.45. The molecule has 5 heteroatoms. The molecule has 164 valence electrons. The predicted octanol–water partition coefficient (Wildman–Crippen LogP) is 4.35. The number of amides is 2. The number of carbonyl (C=O) groups is 2. The van der Waals surface area contributed by atoms with Crippen LogP contribution in [0.25, 0.3) is 0 Å². The fraction of sp³-hybridized carbons (Fsp3) is 0.500. The van der Waals surface area contributed by atoms with Crippen molar-refractivity contribution in [1.29, 1.82) is 0 Å². The number of benzene rings is 1. The molecular formula is C26H33N3O2. The fourth-order valence-corrected chi connectivity index (χ4v) is 4.91. The average molecular weight is 420 g/mol. The number of rotatable bonds is 4. The van der Waals surface area contributed by atoms with E-state index in [4.69, 9.17) is 4.98 Å². The first kappa shape index (κ1) is 21.5. The number of hydrogen-bond donors (Lipinski definition) is 0. The van der Waals surface area contributed by atoms with Crippen LogP contribution in [0.3, 0.4) is 0 Å². The summed E-state index contributed by atoms with van der Waals surface area (Å²) in [4.78, 5) is 34.9. The van der Waals surface area contributed by atoms with Crippen molar-refractivity contribution in [2.75, 3.05) is 19.6 Å². The fourth-order valence-electron chi connectivity index (χ4n) is 4.91. The maximum Gasteiger partial charge on any atom is 0.255 e. The largest absolute Gasteiger partial charge is 0.342 e. The topological polar surface area (TPSA) is 53.5 Å². The van der Waals surface area contributed by atoms with Gasteiger partial charge in [0.25, 0.3) is 5.91 Å². The van der Waals surface area contributed by atoms with Gasteiger partial charge in [0.2, 0.25) is 5.91 Å². The summed E-state index contributed by atoms with van der Waals surface area (Å²) < 4.78 is 0. The molecule has 0 radical (unpaired) electrons. The summed E-state index contributed by atoms with van der Waals surface area (Å²) in [5, 5.41) is 0. The Labute approximate surface area is 185 Å². The van der Waals surface area contributed by atoms with Crippen LogP contribution >= 0.6 is 0 Å². The molecule has 0 saturated carbocycles. The standard InChI is InChI=1S/C26H33N3O2/c1-19-11-12-23(26(31)29-15-7-6-8-20(29)2)25(27-19)22-13-16-28(17-14-22)24(30)18-21-9-4-3-5-10-21/h3-5,9-12,20,22H,6-8,13-18H2,1-2H3. The lowest BCUT2D eigenvalue weighted by Gasteiger charge is -2.35. The maximum absolute atomic E-state index is 13.4. The van der Waals surface area contributed by atoms with Crippen LogP contribution in [-0.2, 0) is 11.2 Å². The molecule has 31 heavy (non-hydrogen) atoms. The Hall–Kier alpha value is -2.69. The molecule has 1 atom stereocenters. The number of aryl methyl sites for hydroxylation is 1. The van der Waals surface area contributed by atoms with Gasteiger partial charge < -0.3 is 9.80 Å². The minimum absolute atomic E-state index is 0.122. The van der Waals surface area contributed by atoms with Gasteiger partial charge in [0.1, 0.15) is 0 Å². The monoisotopic (exact) mass is 419 g/mol. The highest BCUT2D eigenvalue weighted by Gasteiger charge is 2.31. The first-order valence-electron chi connectivity index (χ1n) is 11.6. The van der Waals surface area contributed by atoms with Crippen LogP contribution < -0.4 is 0 Å². The van der Waals surface area contributed by atoms with E-state index < -0.39 is 0 Å². The van der Waals surface area contributed by atoms with Crippen LogP contribution in [0.15, 0.2) is 42.5 Å². The van der Waals surface area contributed by atoms with Crippen molar-refractivity contribution in [2.24, 2.45) is 0 Å². The van der Waals surface area contributed by atoms with Crippen LogP contribution in [0, 0.1) is 6.92 Å². The summed E-state index contributed by atoms with van der Waals surface area (Å²) in [6.07, 6.45) is 5.50. The predicted molar refractivity (Wildman–Crippen MR) is 122 cm³/mol. The molecule has 0 bridgehead atoms. The molecule has 1 unspecified atom stereocenters. The highest BCUT2D eigenvalue weighted by atomic mass is 16.2. The molecule has 2 fully saturated rings. The molecule has 2 aliphatic heterocycles. The minimum atomic E-state index is 0.122. The second-order valence-corrected chi connectivity index (χ2v) is 9.05. The van der Waals surface area contributed by atoms with Gasteiger partial charge >= 0.3 is 0 Å². The van der Waals surface area contributed by atoms with Crippen molar-refractivity contribution in [3.8, 4) is 0 Å². The summed E-state index contributed by atoms with van der Waals surface area (Å²) in [5.41, 5.74) is 3.69. The van der Waals surface area contributed by atoms with Crippen LogP contribution in [0.5, 0.6) is 0 Å². The van der Waals surface area contributed by atoms with E-state index in [2.05, 4.69) is 6.92 Å². The molecule has 4 rings (SSSR count). The van der Waals surface area contributed by atoms with Gasteiger partial charge in [-0.3, -0.25) is 14.6 Å². The number of likely N-dealkylation sites (tertiary alicyclic amines) is 2. The Bertz CT molecular complexity index is 920. The van der Waals surface area contributed by atoms with Crippen molar-refractivity contribution in [1.82, 2.24) is 14.8 Å².